The molecule has 3 N–H and O–H groups in total. The average molecular weight is 485 g/mol. The van der Waals surface area contributed by atoms with E-state index >= 15 is 0 Å². The normalized spacial score (nSPS) is 28.9. The number of halogens is 1. The van der Waals surface area contributed by atoms with Gasteiger partial charge in [0.25, 0.3) is 5.91 Å². The molecule has 2 aliphatic rings. The predicted octanol–water partition coefficient (Wildman–Crippen LogP) is 3.75. The van der Waals surface area contributed by atoms with Crippen LogP contribution in [-0.4, -0.2) is 52.2 Å². The number of nitrogens with zero attached hydrogens (tertiary/aromatic N) is 1. The summed E-state index contributed by atoms with van der Waals surface area (Å²) in [6.07, 6.45) is 1.23. The fourth-order valence-electron chi connectivity index (χ4n) is 5.44. The molecule has 2 aromatic carbocycles. The van der Waals surface area contributed by atoms with Crippen LogP contribution in [0.4, 0.5) is 0 Å². The second kappa shape index (κ2) is 9.68. The van der Waals surface area contributed by atoms with E-state index in [0.29, 0.717) is 49.4 Å². The van der Waals surface area contributed by atoms with Crippen molar-refractivity contribution in [3.8, 4) is 0 Å². The van der Waals surface area contributed by atoms with E-state index < -0.39 is 23.0 Å². The molecular weight excluding hydrogens is 452 g/mol. The summed E-state index contributed by atoms with van der Waals surface area (Å²) < 4.78 is 0. The maximum absolute atomic E-state index is 13.7. The number of likely N-dealkylation sites (tertiary alicyclic amines) is 1. The molecule has 1 unspecified atom stereocenters. The predicted molar refractivity (Wildman–Crippen MR) is 131 cm³/mol. The van der Waals surface area contributed by atoms with Crippen LogP contribution in [0.25, 0.3) is 0 Å². The molecule has 2 aromatic rings. The maximum atomic E-state index is 13.7. The van der Waals surface area contributed by atoms with Crippen LogP contribution < -0.4 is 5.32 Å². The fourth-order valence-corrected chi connectivity index (χ4v) is 5.57. The van der Waals surface area contributed by atoms with Gasteiger partial charge in [0.2, 0.25) is 5.91 Å². The molecule has 0 aromatic heterocycles. The summed E-state index contributed by atoms with van der Waals surface area (Å²) in [5, 5.41) is 25.6. The minimum Gasteiger partial charge on any atom is -0.393 e. The molecule has 4 atom stereocenters. The summed E-state index contributed by atoms with van der Waals surface area (Å²) in [7, 11) is 0. The van der Waals surface area contributed by atoms with Crippen molar-refractivity contribution in [2.24, 2.45) is 11.3 Å². The van der Waals surface area contributed by atoms with Crippen LogP contribution in [0.1, 0.15) is 55.5 Å². The van der Waals surface area contributed by atoms with Crippen molar-refractivity contribution in [1.29, 1.82) is 0 Å². The molecule has 4 rings (SSSR count). The zero-order valence-electron chi connectivity index (χ0n) is 19.7. The number of carbonyl (C=O) groups is 2. The number of carbonyl (C=O) groups excluding carboxylic acids is 2. The molecule has 182 valence electrons. The maximum Gasteiger partial charge on any atom is 0.251 e. The Balaban J connectivity index is 1.50. The molecule has 2 amide bonds. The highest BCUT2D eigenvalue weighted by Gasteiger charge is 2.51. The first-order valence-corrected chi connectivity index (χ1v) is 12.3. The highest BCUT2D eigenvalue weighted by Crippen LogP contribution is 2.46. The van der Waals surface area contributed by atoms with Crippen LogP contribution in [0.3, 0.4) is 0 Å². The van der Waals surface area contributed by atoms with Gasteiger partial charge in [0.05, 0.1) is 17.6 Å². The lowest BCUT2D eigenvalue weighted by Crippen LogP contribution is -2.59. The second-order valence-electron chi connectivity index (χ2n) is 10.3. The second-order valence-corrected chi connectivity index (χ2v) is 10.7. The number of piperidine rings is 1. The highest BCUT2D eigenvalue weighted by atomic mass is 35.5. The quantitative estimate of drug-likeness (QED) is 0.616. The van der Waals surface area contributed by atoms with E-state index in [1.54, 1.807) is 41.3 Å². The molecule has 1 saturated heterocycles. The molecule has 34 heavy (non-hydrogen) atoms. The molecule has 1 heterocycles. The van der Waals surface area contributed by atoms with Crippen LogP contribution in [0.5, 0.6) is 0 Å². The van der Waals surface area contributed by atoms with E-state index in [4.69, 9.17) is 11.6 Å². The molecule has 1 aliphatic heterocycles. The first-order valence-electron chi connectivity index (χ1n) is 11.9. The topological polar surface area (TPSA) is 89.9 Å². The van der Waals surface area contributed by atoms with Gasteiger partial charge in [-0.25, -0.2) is 0 Å². The Kier molecular flexibility index (Phi) is 7.04. The summed E-state index contributed by atoms with van der Waals surface area (Å²) in [6, 6.07) is 15.8. The molecule has 1 aliphatic carbocycles. The Labute approximate surface area is 205 Å². The fraction of sp³-hybridized carbons (Fsp3) is 0.481. The first-order chi connectivity index (χ1) is 16.1. The third-order valence-electron chi connectivity index (χ3n) is 7.58. The summed E-state index contributed by atoms with van der Waals surface area (Å²) in [4.78, 5) is 28.2. The van der Waals surface area contributed by atoms with Gasteiger partial charge in [-0.3, -0.25) is 9.59 Å². The number of aliphatic hydroxyl groups is 2. The van der Waals surface area contributed by atoms with Gasteiger partial charge >= 0.3 is 0 Å². The molecule has 0 radical (unpaired) electrons. The number of nitrogens with one attached hydrogen (secondary N) is 1. The van der Waals surface area contributed by atoms with E-state index in [9.17, 15) is 19.8 Å². The molecule has 1 saturated carbocycles. The van der Waals surface area contributed by atoms with Crippen LogP contribution in [0.2, 0.25) is 5.02 Å². The lowest BCUT2D eigenvalue weighted by Gasteiger charge is -2.51. The van der Waals surface area contributed by atoms with Gasteiger partial charge in [0.1, 0.15) is 0 Å². The molecule has 7 heteroatoms. The van der Waals surface area contributed by atoms with E-state index in [0.717, 1.165) is 5.56 Å². The van der Waals surface area contributed by atoms with Crippen molar-refractivity contribution >= 4 is 23.4 Å². The SMILES string of the molecule is CC1(C)CN(C(=O)[C@@H]2CC(O)CC[C@H]2NC(=O)c2ccccc2)CC[C@]1(O)c1ccc(Cl)cc1. The number of hydrogen-bond donors (Lipinski definition) is 3. The molecular formula is C27H33ClN2O4. The number of hydrogen-bond acceptors (Lipinski definition) is 4. The third kappa shape index (κ3) is 4.85. The lowest BCUT2D eigenvalue weighted by atomic mass is 9.66. The van der Waals surface area contributed by atoms with E-state index in [-0.39, 0.29) is 17.9 Å². The Hall–Kier alpha value is -2.41. The highest BCUT2D eigenvalue weighted by molar-refractivity contribution is 6.30. The molecule has 0 bridgehead atoms. The zero-order valence-corrected chi connectivity index (χ0v) is 20.5. The van der Waals surface area contributed by atoms with Crippen LogP contribution >= 0.6 is 11.6 Å². The minimum atomic E-state index is -1.10. The van der Waals surface area contributed by atoms with E-state index in [1.807, 2.05) is 32.0 Å². The summed E-state index contributed by atoms with van der Waals surface area (Å²) in [5.74, 6) is -0.798. The van der Waals surface area contributed by atoms with Gasteiger partial charge in [-0.15, -0.1) is 0 Å². The Morgan fingerprint density at radius 2 is 1.74 bits per heavy atom. The van der Waals surface area contributed by atoms with Gasteiger partial charge in [0.15, 0.2) is 0 Å². The van der Waals surface area contributed by atoms with Crippen molar-refractivity contribution in [3.63, 3.8) is 0 Å². The van der Waals surface area contributed by atoms with Gasteiger partial charge in [-0.1, -0.05) is 55.8 Å². The van der Waals surface area contributed by atoms with Crippen LogP contribution in [-0.2, 0) is 10.4 Å². The van der Waals surface area contributed by atoms with Gasteiger partial charge in [-0.05, 0) is 55.5 Å². The Morgan fingerprint density at radius 1 is 1.06 bits per heavy atom. The first kappa shape index (κ1) is 24.7. The molecule has 6 nitrogen and oxygen atoms in total. The minimum absolute atomic E-state index is 0.0802. The summed E-state index contributed by atoms with van der Waals surface area (Å²) >= 11 is 6.03. The van der Waals surface area contributed by atoms with Crippen molar-refractivity contribution in [3.05, 3.63) is 70.7 Å². The third-order valence-corrected chi connectivity index (χ3v) is 7.83. The smallest absolute Gasteiger partial charge is 0.251 e. The molecule has 0 spiro atoms. The number of aliphatic hydroxyl groups excluding tert-OH is 1. The largest absolute Gasteiger partial charge is 0.393 e. The number of benzene rings is 2. The molecule has 2 fully saturated rings. The van der Waals surface area contributed by atoms with Crippen molar-refractivity contribution in [1.82, 2.24) is 10.2 Å². The standard InChI is InChI=1S/C27H33ClN2O4/c1-26(2)17-30(15-14-27(26,34)19-8-10-20(28)11-9-19)25(33)22-16-21(31)12-13-23(22)29-24(32)18-6-4-3-5-7-18/h3-11,21-23,31,34H,12-17H2,1-2H3,(H,29,32)/t21?,22-,23-,27+/m1/s1. The average Bonchev–Trinajstić information content (AvgIpc) is 2.82. The van der Waals surface area contributed by atoms with Crippen molar-refractivity contribution in [2.45, 2.75) is 57.3 Å². The Morgan fingerprint density at radius 3 is 2.38 bits per heavy atom. The van der Waals surface area contributed by atoms with E-state index in [1.165, 1.54) is 0 Å². The number of rotatable bonds is 4. The van der Waals surface area contributed by atoms with Crippen LogP contribution in [0.15, 0.2) is 54.6 Å². The van der Waals surface area contributed by atoms with Gasteiger partial charge in [-0.2, -0.15) is 0 Å². The lowest BCUT2D eigenvalue weighted by molar-refractivity contribution is -0.159. The zero-order chi connectivity index (χ0) is 24.5. The van der Waals surface area contributed by atoms with Crippen molar-refractivity contribution in [2.75, 3.05) is 13.1 Å². The van der Waals surface area contributed by atoms with Crippen LogP contribution in [0, 0.1) is 11.3 Å². The van der Waals surface area contributed by atoms with Crippen molar-refractivity contribution < 1.29 is 19.8 Å². The summed E-state index contributed by atoms with van der Waals surface area (Å²) in [5.41, 5.74) is -0.367. The van der Waals surface area contributed by atoms with Gasteiger partial charge < -0.3 is 20.4 Å². The van der Waals surface area contributed by atoms with Gasteiger partial charge in [0, 0.05) is 35.1 Å². The Bertz CT molecular complexity index is 1030. The summed E-state index contributed by atoms with van der Waals surface area (Å²) in [6.45, 7) is 4.70. The monoisotopic (exact) mass is 484 g/mol. The number of amides is 2. The van der Waals surface area contributed by atoms with E-state index in [2.05, 4.69) is 5.32 Å².